The van der Waals surface area contributed by atoms with E-state index in [9.17, 15) is 9.18 Å². The van der Waals surface area contributed by atoms with Gasteiger partial charge in [0.25, 0.3) is 0 Å². The highest BCUT2D eigenvalue weighted by atomic mass is 19.1. The predicted octanol–water partition coefficient (Wildman–Crippen LogP) is 2.73. The summed E-state index contributed by atoms with van der Waals surface area (Å²) >= 11 is 0. The Balaban J connectivity index is 1.56. The zero-order chi connectivity index (χ0) is 16.9. The number of carbonyl (C=O) groups is 1. The van der Waals surface area contributed by atoms with E-state index >= 15 is 0 Å². The molecule has 3 rings (SSSR count). The first-order valence-electron chi connectivity index (χ1n) is 8.07. The van der Waals surface area contributed by atoms with Gasteiger partial charge in [-0.2, -0.15) is 0 Å². The van der Waals surface area contributed by atoms with Crippen LogP contribution in [-0.2, 0) is 11.2 Å². The second-order valence-corrected chi connectivity index (χ2v) is 5.84. The topological polar surface area (TPSA) is 32.8 Å². The van der Waals surface area contributed by atoms with Crippen LogP contribution in [0, 0.1) is 5.82 Å². The molecule has 1 saturated heterocycles. The average molecular weight is 328 g/mol. The molecule has 0 radical (unpaired) electrons. The van der Waals surface area contributed by atoms with Crippen molar-refractivity contribution in [2.45, 2.75) is 6.42 Å². The monoisotopic (exact) mass is 328 g/mol. The fourth-order valence-corrected chi connectivity index (χ4v) is 2.93. The first-order chi connectivity index (χ1) is 11.7. The fourth-order valence-electron chi connectivity index (χ4n) is 2.93. The molecule has 126 valence electrons. The van der Waals surface area contributed by atoms with Gasteiger partial charge in [0, 0.05) is 26.2 Å². The molecule has 1 amide bonds. The van der Waals surface area contributed by atoms with Gasteiger partial charge in [-0.25, -0.2) is 4.39 Å². The highest BCUT2D eigenvalue weighted by molar-refractivity contribution is 5.79. The van der Waals surface area contributed by atoms with Crippen LogP contribution >= 0.6 is 0 Å². The van der Waals surface area contributed by atoms with Gasteiger partial charge in [0.15, 0.2) is 0 Å². The van der Waals surface area contributed by atoms with Crippen LogP contribution in [0.3, 0.4) is 0 Å². The molecule has 1 fully saturated rings. The van der Waals surface area contributed by atoms with Crippen LogP contribution in [0.5, 0.6) is 5.75 Å². The number of piperazine rings is 1. The minimum absolute atomic E-state index is 0.105. The van der Waals surface area contributed by atoms with E-state index in [-0.39, 0.29) is 11.7 Å². The maximum absolute atomic E-state index is 13.8. The molecule has 1 heterocycles. The second kappa shape index (κ2) is 7.34. The van der Waals surface area contributed by atoms with Gasteiger partial charge < -0.3 is 14.5 Å². The summed E-state index contributed by atoms with van der Waals surface area (Å²) in [6.45, 7) is 2.53. The molecule has 2 aromatic carbocycles. The molecule has 0 N–H and O–H groups in total. The molecule has 1 aliphatic heterocycles. The quantitative estimate of drug-likeness (QED) is 0.865. The summed E-state index contributed by atoms with van der Waals surface area (Å²) in [6, 6.07) is 14.3. The van der Waals surface area contributed by atoms with Crippen LogP contribution in [-0.4, -0.2) is 44.1 Å². The smallest absolute Gasteiger partial charge is 0.227 e. The van der Waals surface area contributed by atoms with Crippen LogP contribution in [0.15, 0.2) is 48.5 Å². The van der Waals surface area contributed by atoms with Crippen LogP contribution < -0.4 is 9.64 Å². The standard InChI is InChI=1S/C19H21FN2O2/c1-24-16-8-6-15(7-9-16)14-19(23)22-12-10-21(11-13-22)18-5-3-2-4-17(18)20/h2-9H,10-14H2,1H3. The van der Waals surface area contributed by atoms with Crippen molar-refractivity contribution in [2.75, 3.05) is 38.2 Å². The Morgan fingerprint density at radius 2 is 1.71 bits per heavy atom. The highest BCUT2D eigenvalue weighted by Gasteiger charge is 2.22. The molecule has 24 heavy (non-hydrogen) atoms. The van der Waals surface area contributed by atoms with Crippen molar-refractivity contribution in [1.82, 2.24) is 4.90 Å². The largest absolute Gasteiger partial charge is 0.497 e. The summed E-state index contributed by atoms with van der Waals surface area (Å²) in [7, 11) is 1.62. The van der Waals surface area contributed by atoms with E-state index in [4.69, 9.17) is 4.74 Å². The van der Waals surface area contributed by atoms with Gasteiger partial charge >= 0.3 is 0 Å². The molecular formula is C19H21FN2O2. The lowest BCUT2D eigenvalue weighted by Gasteiger charge is -2.36. The summed E-state index contributed by atoms with van der Waals surface area (Å²) in [6.07, 6.45) is 0.379. The molecule has 5 heteroatoms. The Kier molecular flexibility index (Phi) is 4.99. The summed E-state index contributed by atoms with van der Waals surface area (Å²) in [5, 5.41) is 0. The number of para-hydroxylation sites is 1. The molecular weight excluding hydrogens is 307 g/mol. The van der Waals surface area contributed by atoms with Crippen molar-refractivity contribution in [1.29, 1.82) is 0 Å². The Bertz CT molecular complexity index is 695. The molecule has 0 unspecified atom stereocenters. The van der Waals surface area contributed by atoms with Crippen molar-refractivity contribution >= 4 is 11.6 Å². The molecule has 0 atom stereocenters. The van der Waals surface area contributed by atoms with Gasteiger partial charge in [-0.15, -0.1) is 0 Å². The van der Waals surface area contributed by atoms with Crippen LogP contribution in [0.4, 0.5) is 10.1 Å². The Morgan fingerprint density at radius 1 is 1.04 bits per heavy atom. The lowest BCUT2D eigenvalue weighted by molar-refractivity contribution is -0.130. The number of halogens is 1. The lowest BCUT2D eigenvalue weighted by atomic mass is 10.1. The number of hydrogen-bond donors (Lipinski definition) is 0. The Labute approximate surface area is 141 Å². The van der Waals surface area contributed by atoms with Gasteiger partial charge in [0.05, 0.1) is 19.2 Å². The predicted molar refractivity (Wildman–Crippen MR) is 91.9 cm³/mol. The highest BCUT2D eigenvalue weighted by Crippen LogP contribution is 2.20. The molecule has 0 aromatic heterocycles. The number of nitrogens with zero attached hydrogens (tertiary/aromatic N) is 2. The number of methoxy groups -OCH3 is 1. The van der Waals surface area contributed by atoms with E-state index in [1.54, 1.807) is 19.2 Å². The van der Waals surface area contributed by atoms with E-state index in [2.05, 4.69) is 0 Å². The minimum Gasteiger partial charge on any atom is -0.497 e. The van der Waals surface area contributed by atoms with Gasteiger partial charge in [0.2, 0.25) is 5.91 Å². The molecule has 2 aromatic rings. The van der Waals surface area contributed by atoms with Crippen LogP contribution in [0.1, 0.15) is 5.56 Å². The maximum atomic E-state index is 13.8. The van der Waals surface area contributed by atoms with Gasteiger partial charge in [-0.05, 0) is 29.8 Å². The van der Waals surface area contributed by atoms with Crippen molar-refractivity contribution in [2.24, 2.45) is 0 Å². The Hall–Kier alpha value is -2.56. The summed E-state index contributed by atoms with van der Waals surface area (Å²) < 4.78 is 19.0. The number of benzene rings is 2. The van der Waals surface area contributed by atoms with E-state index in [1.807, 2.05) is 40.1 Å². The average Bonchev–Trinajstić information content (AvgIpc) is 2.63. The molecule has 1 aliphatic rings. The first-order valence-corrected chi connectivity index (χ1v) is 8.07. The molecule has 0 aliphatic carbocycles. The summed E-state index contributed by atoms with van der Waals surface area (Å²) in [5.74, 6) is 0.675. The molecule has 4 nitrogen and oxygen atoms in total. The van der Waals surface area contributed by atoms with Crippen molar-refractivity contribution in [3.05, 3.63) is 59.9 Å². The molecule has 0 spiro atoms. The second-order valence-electron chi connectivity index (χ2n) is 5.84. The number of amides is 1. The van der Waals surface area contributed by atoms with E-state index in [0.717, 1.165) is 11.3 Å². The lowest BCUT2D eigenvalue weighted by Crippen LogP contribution is -2.49. The number of ether oxygens (including phenoxy) is 1. The summed E-state index contributed by atoms with van der Waals surface area (Å²) in [5.41, 5.74) is 1.58. The zero-order valence-electron chi connectivity index (χ0n) is 13.7. The van der Waals surface area contributed by atoms with E-state index < -0.39 is 0 Å². The van der Waals surface area contributed by atoms with E-state index in [1.165, 1.54) is 6.07 Å². The van der Waals surface area contributed by atoms with Crippen LogP contribution in [0.25, 0.3) is 0 Å². The minimum atomic E-state index is -0.212. The Morgan fingerprint density at radius 3 is 2.33 bits per heavy atom. The SMILES string of the molecule is COc1ccc(CC(=O)N2CCN(c3ccccc3F)CC2)cc1. The summed E-state index contributed by atoms with van der Waals surface area (Å²) in [4.78, 5) is 16.3. The molecule has 0 bridgehead atoms. The maximum Gasteiger partial charge on any atom is 0.227 e. The first kappa shape index (κ1) is 16.3. The van der Waals surface area contributed by atoms with E-state index in [0.29, 0.717) is 38.3 Å². The number of carbonyl (C=O) groups excluding carboxylic acids is 1. The third-order valence-corrected chi connectivity index (χ3v) is 4.34. The van der Waals surface area contributed by atoms with Gasteiger partial charge in [-0.1, -0.05) is 24.3 Å². The van der Waals surface area contributed by atoms with Crippen molar-refractivity contribution in [3.63, 3.8) is 0 Å². The third kappa shape index (κ3) is 3.67. The number of hydrogen-bond acceptors (Lipinski definition) is 3. The molecule has 0 saturated carbocycles. The van der Waals surface area contributed by atoms with Crippen molar-refractivity contribution in [3.8, 4) is 5.75 Å². The third-order valence-electron chi connectivity index (χ3n) is 4.34. The van der Waals surface area contributed by atoms with Crippen molar-refractivity contribution < 1.29 is 13.9 Å². The van der Waals surface area contributed by atoms with Crippen LogP contribution in [0.2, 0.25) is 0 Å². The normalized spacial score (nSPS) is 14.6. The fraction of sp³-hybridized carbons (Fsp3) is 0.316. The zero-order valence-corrected chi connectivity index (χ0v) is 13.7. The van der Waals surface area contributed by atoms with Gasteiger partial charge in [-0.3, -0.25) is 4.79 Å². The number of rotatable bonds is 4. The number of anilines is 1. The van der Waals surface area contributed by atoms with Gasteiger partial charge in [0.1, 0.15) is 11.6 Å².